The second-order valence-electron chi connectivity index (χ2n) is 4.95. The number of nitrogens with zero attached hydrogens (tertiary/aromatic N) is 3. The third-order valence-electron chi connectivity index (χ3n) is 3.32. The van der Waals surface area contributed by atoms with Crippen LogP contribution in [-0.2, 0) is 10.0 Å². The Kier molecular flexibility index (Phi) is 4.46. The number of thiazole rings is 1. The summed E-state index contributed by atoms with van der Waals surface area (Å²) in [5.41, 5.74) is 0.500. The van der Waals surface area contributed by atoms with E-state index >= 15 is 0 Å². The van der Waals surface area contributed by atoms with Crippen LogP contribution in [0.25, 0.3) is 0 Å². The van der Waals surface area contributed by atoms with E-state index in [9.17, 15) is 13.2 Å². The van der Waals surface area contributed by atoms with Gasteiger partial charge in [0.25, 0.3) is 5.91 Å². The number of sulfonamides is 1. The monoisotopic (exact) mass is 317 g/mol. The van der Waals surface area contributed by atoms with Gasteiger partial charge in [0.05, 0.1) is 11.3 Å². The fraction of sp³-hybridized carbons (Fsp3) is 0.667. The molecule has 1 aliphatic rings. The summed E-state index contributed by atoms with van der Waals surface area (Å²) in [4.78, 5) is 19.3. The fourth-order valence-electron chi connectivity index (χ4n) is 2.31. The highest BCUT2D eigenvalue weighted by Crippen LogP contribution is 2.19. The van der Waals surface area contributed by atoms with Gasteiger partial charge in [0.1, 0.15) is 5.69 Å². The highest BCUT2D eigenvalue weighted by atomic mass is 32.2. The lowest BCUT2D eigenvalue weighted by atomic mass is 10.3. The largest absolute Gasteiger partial charge is 0.336 e. The quantitative estimate of drug-likeness (QED) is 0.811. The number of hydrogen-bond acceptors (Lipinski definition) is 5. The van der Waals surface area contributed by atoms with Crippen LogP contribution in [0.2, 0.25) is 0 Å². The minimum Gasteiger partial charge on any atom is -0.336 e. The molecule has 1 amide bonds. The van der Waals surface area contributed by atoms with Gasteiger partial charge in [-0.3, -0.25) is 4.79 Å². The van der Waals surface area contributed by atoms with Crippen LogP contribution in [0.15, 0.2) is 0 Å². The van der Waals surface area contributed by atoms with Crippen LogP contribution in [0.3, 0.4) is 0 Å². The average Bonchev–Trinajstić information content (AvgIpc) is 2.56. The molecular formula is C12H19N3O3S2. The van der Waals surface area contributed by atoms with Crippen LogP contribution in [0.5, 0.6) is 0 Å². The molecule has 1 saturated heterocycles. The molecule has 0 N–H and O–H groups in total. The molecule has 1 aromatic heterocycles. The van der Waals surface area contributed by atoms with Gasteiger partial charge in [0, 0.05) is 31.1 Å². The lowest BCUT2D eigenvalue weighted by Crippen LogP contribution is -2.37. The van der Waals surface area contributed by atoms with Gasteiger partial charge < -0.3 is 4.90 Å². The summed E-state index contributed by atoms with van der Waals surface area (Å²) in [6.07, 6.45) is 1.86. The molecule has 2 rings (SSSR count). The van der Waals surface area contributed by atoms with E-state index in [0.717, 1.165) is 9.88 Å². The van der Waals surface area contributed by atoms with Crippen molar-refractivity contribution >= 4 is 27.3 Å². The number of hydrogen-bond donors (Lipinski definition) is 0. The van der Waals surface area contributed by atoms with E-state index in [1.807, 2.05) is 13.8 Å². The van der Waals surface area contributed by atoms with Gasteiger partial charge in [-0.15, -0.1) is 11.3 Å². The molecule has 6 nitrogen and oxygen atoms in total. The van der Waals surface area contributed by atoms with E-state index in [0.29, 0.717) is 38.3 Å². The highest BCUT2D eigenvalue weighted by Gasteiger charge is 2.26. The van der Waals surface area contributed by atoms with Gasteiger partial charge in [-0.05, 0) is 20.3 Å². The maximum absolute atomic E-state index is 12.4. The topological polar surface area (TPSA) is 70.6 Å². The number of aryl methyl sites for hydroxylation is 2. The van der Waals surface area contributed by atoms with Crippen LogP contribution < -0.4 is 0 Å². The van der Waals surface area contributed by atoms with E-state index in [1.165, 1.54) is 21.9 Å². The number of amides is 1. The minimum atomic E-state index is -3.19. The third kappa shape index (κ3) is 3.36. The molecule has 1 aliphatic heterocycles. The van der Waals surface area contributed by atoms with E-state index in [1.54, 1.807) is 4.90 Å². The molecule has 1 aromatic rings. The van der Waals surface area contributed by atoms with Crippen molar-refractivity contribution in [3.63, 3.8) is 0 Å². The predicted molar refractivity (Wildman–Crippen MR) is 78.5 cm³/mol. The fourth-order valence-corrected chi connectivity index (χ4v) is 3.99. The third-order valence-corrected chi connectivity index (χ3v) is 5.51. The first-order valence-electron chi connectivity index (χ1n) is 6.47. The Hall–Kier alpha value is -0.990. The van der Waals surface area contributed by atoms with Gasteiger partial charge in [-0.25, -0.2) is 17.7 Å². The second-order valence-corrected chi connectivity index (χ2v) is 8.34. The molecule has 0 saturated carbocycles. The van der Waals surface area contributed by atoms with Crippen LogP contribution in [0.4, 0.5) is 0 Å². The number of carbonyl (C=O) groups is 1. The summed E-state index contributed by atoms with van der Waals surface area (Å²) in [5.74, 6) is -0.0952. The van der Waals surface area contributed by atoms with Gasteiger partial charge in [-0.1, -0.05) is 0 Å². The molecule has 1 fully saturated rings. The first kappa shape index (κ1) is 15.4. The minimum absolute atomic E-state index is 0.0952. The molecule has 20 heavy (non-hydrogen) atoms. The van der Waals surface area contributed by atoms with Crippen LogP contribution in [0, 0.1) is 13.8 Å². The first-order valence-corrected chi connectivity index (χ1v) is 9.14. The Morgan fingerprint density at radius 1 is 1.20 bits per heavy atom. The average molecular weight is 317 g/mol. The maximum atomic E-state index is 12.4. The standard InChI is InChI=1S/C12H19N3O3S2/c1-9-11(13-10(2)19-9)12(16)14-5-4-6-15(8-7-14)20(3,17)18/h4-8H2,1-3H3. The molecule has 0 unspecified atom stereocenters. The molecule has 0 atom stereocenters. The normalized spacial score (nSPS) is 18.1. The summed E-state index contributed by atoms with van der Waals surface area (Å²) >= 11 is 1.51. The van der Waals surface area contributed by atoms with Crippen molar-refractivity contribution in [3.8, 4) is 0 Å². The SMILES string of the molecule is Cc1nc(C(=O)N2CCCN(S(C)(=O)=O)CC2)c(C)s1. The molecule has 0 aliphatic carbocycles. The Bertz CT molecular complexity index is 609. The molecule has 0 aromatic carbocycles. The molecule has 0 bridgehead atoms. The van der Waals surface area contributed by atoms with Gasteiger partial charge in [0.2, 0.25) is 10.0 Å². The first-order chi connectivity index (χ1) is 9.29. The van der Waals surface area contributed by atoms with Crippen molar-refractivity contribution in [2.75, 3.05) is 32.4 Å². The Morgan fingerprint density at radius 2 is 1.90 bits per heavy atom. The zero-order valence-electron chi connectivity index (χ0n) is 11.9. The summed E-state index contributed by atoms with van der Waals surface area (Å²) in [6, 6.07) is 0. The van der Waals surface area contributed by atoms with Crippen LogP contribution in [-0.4, -0.2) is 60.9 Å². The zero-order chi connectivity index (χ0) is 14.9. The predicted octanol–water partition coefficient (Wildman–Crippen LogP) is 0.867. The van der Waals surface area contributed by atoms with E-state index in [4.69, 9.17) is 0 Å². The molecule has 2 heterocycles. The van der Waals surface area contributed by atoms with Crippen molar-refractivity contribution < 1.29 is 13.2 Å². The molecule has 112 valence electrons. The van der Waals surface area contributed by atoms with Gasteiger partial charge in [-0.2, -0.15) is 0 Å². The van der Waals surface area contributed by atoms with Crippen molar-refractivity contribution in [1.82, 2.24) is 14.2 Å². The van der Waals surface area contributed by atoms with Gasteiger partial charge in [0.15, 0.2) is 0 Å². The summed E-state index contributed by atoms with van der Waals surface area (Å²) in [7, 11) is -3.19. The lowest BCUT2D eigenvalue weighted by molar-refractivity contribution is 0.0758. The van der Waals surface area contributed by atoms with Crippen LogP contribution >= 0.6 is 11.3 Å². The number of carbonyl (C=O) groups excluding carboxylic acids is 1. The van der Waals surface area contributed by atoms with Crippen LogP contribution in [0.1, 0.15) is 26.8 Å². The Morgan fingerprint density at radius 3 is 2.45 bits per heavy atom. The van der Waals surface area contributed by atoms with E-state index < -0.39 is 10.0 Å². The van der Waals surface area contributed by atoms with Crippen molar-refractivity contribution in [2.45, 2.75) is 20.3 Å². The van der Waals surface area contributed by atoms with E-state index in [-0.39, 0.29) is 5.91 Å². The van der Waals surface area contributed by atoms with Gasteiger partial charge >= 0.3 is 0 Å². The summed E-state index contributed by atoms with van der Waals surface area (Å²) in [5, 5.41) is 0.874. The Balaban J connectivity index is 2.11. The molecule has 0 spiro atoms. The molecule has 8 heteroatoms. The smallest absolute Gasteiger partial charge is 0.273 e. The van der Waals surface area contributed by atoms with Crippen molar-refractivity contribution in [3.05, 3.63) is 15.6 Å². The molecular weight excluding hydrogens is 298 g/mol. The lowest BCUT2D eigenvalue weighted by Gasteiger charge is -2.20. The second kappa shape index (κ2) is 5.79. The number of rotatable bonds is 2. The highest BCUT2D eigenvalue weighted by molar-refractivity contribution is 7.88. The van der Waals surface area contributed by atoms with E-state index in [2.05, 4.69) is 4.98 Å². The molecule has 0 radical (unpaired) electrons. The Labute approximate surface area is 123 Å². The zero-order valence-corrected chi connectivity index (χ0v) is 13.6. The van der Waals surface area contributed by atoms with Crippen molar-refractivity contribution in [1.29, 1.82) is 0 Å². The summed E-state index contributed by atoms with van der Waals surface area (Å²) < 4.78 is 24.5. The van der Waals surface area contributed by atoms with Crippen molar-refractivity contribution in [2.24, 2.45) is 0 Å². The maximum Gasteiger partial charge on any atom is 0.273 e. The summed E-state index contributed by atoms with van der Waals surface area (Å²) in [6.45, 7) is 5.58. The number of aromatic nitrogens is 1.